The van der Waals surface area contributed by atoms with Gasteiger partial charge in [0.1, 0.15) is 5.84 Å². The molecule has 5 heteroatoms. The molecule has 0 saturated heterocycles. The number of rotatable bonds is 6. The maximum absolute atomic E-state index is 10.1. The summed E-state index contributed by atoms with van der Waals surface area (Å²) in [5, 5.41) is 22.8. The van der Waals surface area contributed by atoms with Crippen LogP contribution >= 0.6 is 0 Å². The standard InChI is InChI=1S/C8H15N3O2/c1-2-4-7(9)11-10-6-3-5-8(12)13/h9H,2-6H2,1H3,(H,12,13). The van der Waals surface area contributed by atoms with Crippen LogP contribution in [0.25, 0.3) is 0 Å². The molecule has 0 spiro atoms. The molecular weight excluding hydrogens is 170 g/mol. The average Bonchev–Trinajstić information content (AvgIpc) is 2.03. The summed E-state index contributed by atoms with van der Waals surface area (Å²) >= 11 is 0. The van der Waals surface area contributed by atoms with Crippen molar-refractivity contribution in [3.8, 4) is 0 Å². The van der Waals surface area contributed by atoms with Crippen molar-refractivity contribution in [3.63, 3.8) is 0 Å². The Morgan fingerprint density at radius 2 is 2.15 bits per heavy atom. The lowest BCUT2D eigenvalue weighted by Gasteiger charge is -1.92. The highest BCUT2D eigenvalue weighted by Gasteiger charge is 1.95. The fourth-order valence-electron chi connectivity index (χ4n) is 0.723. The quantitative estimate of drug-likeness (QED) is 0.287. The first-order valence-corrected chi connectivity index (χ1v) is 4.33. The van der Waals surface area contributed by atoms with Crippen LogP contribution in [0.3, 0.4) is 0 Å². The number of carboxylic acid groups (broad SMARTS) is 1. The molecule has 0 unspecified atom stereocenters. The summed E-state index contributed by atoms with van der Waals surface area (Å²) < 4.78 is 0. The number of carboxylic acids is 1. The van der Waals surface area contributed by atoms with Gasteiger partial charge < -0.3 is 5.11 Å². The van der Waals surface area contributed by atoms with Crippen LogP contribution < -0.4 is 0 Å². The molecule has 0 aliphatic carbocycles. The smallest absolute Gasteiger partial charge is 0.303 e. The van der Waals surface area contributed by atoms with Gasteiger partial charge in [-0.15, -0.1) is 5.11 Å². The molecule has 0 atom stereocenters. The van der Waals surface area contributed by atoms with Crippen LogP contribution in [0.2, 0.25) is 0 Å². The van der Waals surface area contributed by atoms with Gasteiger partial charge in [-0.3, -0.25) is 10.2 Å². The van der Waals surface area contributed by atoms with Gasteiger partial charge in [0.25, 0.3) is 0 Å². The molecule has 0 bridgehead atoms. The minimum absolute atomic E-state index is 0.111. The van der Waals surface area contributed by atoms with E-state index >= 15 is 0 Å². The molecule has 0 aromatic heterocycles. The van der Waals surface area contributed by atoms with E-state index in [1.807, 2.05) is 6.92 Å². The zero-order valence-electron chi connectivity index (χ0n) is 7.79. The Balaban J connectivity index is 3.40. The SMILES string of the molecule is CCCC(=N)N=NCCCC(=O)O. The van der Waals surface area contributed by atoms with Crippen molar-refractivity contribution in [1.82, 2.24) is 0 Å². The third kappa shape index (κ3) is 8.65. The molecule has 13 heavy (non-hydrogen) atoms. The maximum atomic E-state index is 10.1. The largest absolute Gasteiger partial charge is 0.481 e. The summed E-state index contributed by atoms with van der Waals surface area (Å²) in [6, 6.07) is 0. The third-order valence-electron chi connectivity index (χ3n) is 1.33. The molecule has 0 rings (SSSR count). The molecule has 0 aromatic carbocycles. The summed E-state index contributed by atoms with van der Waals surface area (Å²) in [5.41, 5.74) is 0. The van der Waals surface area contributed by atoms with Gasteiger partial charge in [-0.2, -0.15) is 5.11 Å². The minimum atomic E-state index is -0.821. The lowest BCUT2D eigenvalue weighted by Crippen LogP contribution is -1.95. The van der Waals surface area contributed by atoms with E-state index in [9.17, 15) is 4.79 Å². The highest BCUT2D eigenvalue weighted by Crippen LogP contribution is 1.94. The van der Waals surface area contributed by atoms with E-state index in [2.05, 4.69) is 10.2 Å². The van der Waals surface area contributed by atoms with E-state index in [0.29, 0.717) is 19.4 Å². The van der Waals surface area contributed by atoms with Gasteiger partial charge in [-0.1, -0.05) is 6.92 Å². The topological polar surface area (TPSA) is 85.9 Å². The Bertz CT molecular complexity index is 202. The maximum Gasteiger partial charge on any atom is 0.303 e. The Morgan fingerprint density at radius 3 is 2.69 bits per heavy atom. The van der Waals surface area contributed by atoms with Gasteiger partial charge in [-0.05, 0) is 12.8 Å². The molecule has 0 aliphatic rings. The number of carbonyl (C=O) groups is 1. The molecule has 0 saturated carbocycles. The first-order chi connectivity index (χ1) is 6.16. The number of hydrogen-bond donors (Lipinski definition) is 2. The number of nitrogens with one attached hydrogen (secondary N) is 1. The van der Waals surface area contributed by atoms with E-state index in [0.717, 1.165) is 6.42 Å². The molecule has 0 aromatic rings. The van der Waals surface area contributed by atoms with E-state index in [-0.39, 0.29) is 12.3 Å². The van der Waals surface area contributed by atoms with Gasteiger partial charge in [0.2, 0.25) is 0 Å². The monoisotopic (exact) mass is 185 g/mol. The first kappa shape index (κ1) is 11.7. The van der Waals surface area contributed by atoms with Gasteiger partial charge in [-0.25, -0.2) is 0 Å². The molecular formula is C8H15N3O2. The predicted octanol–water partition coefficient (Wildman–Crippen LogP) is 2.08. The Hall–Kier alpha value is -1.26. The average molecular weight is 185 g/mol. The molecule has 5 nitrogen and oxygen atoms in total. The second kappa shape index (κ2) is 7.39. The zero-order chi connectivity index (χ0) is 10.1. The van der Waals surface area contributed by atoms with Gasteiger partial charge in [0.15, 0.2) is 0 Å². The van der Waals surface area contributed by atoms with Gasteiger partial charge in [0, 0.05) is 12.8 Å². The fourth-order valence-corrected chi connectivity index (χ4v) is 0.723. The highest BCUT2D eigenvalue weighted by atomic mass is 16.4. The number of hydrogen-bond acceptors (Lipinski definition) is 3. The fraction of sp³-hybridized carbons (Fsp3) is 0.750. The number of nitrogens with zero attached hydrogens (tertiary/aromatic N) is 2. The summed E-state index contributed by atoms with van der Waals surface area (Å²) in [6.07, 6.45) is 2.10. The van der Waals surface area contributed by atoms with Crippen molar-refractivity contribution in [2.75, 3.05) is 6.54 Å². The molecule has 0 radical (unpaired) electrons. The van der Waals surface area contributed by atoms with Crippen molar-refractivity contribution in [2.45, 2.75) is 32.6 Å². The van der Waals surface area contributed by atoms with E-state index in [4.69, 9.17) is 10.5 Å². The summed E-state index contributed by atoms with van der Waals surface area (Å²) in [5.74, 6) is -0.559. The van der Waals surface area contributed by atoms with Gasteiger partial charge >= 0.3 is 5.97 Å². The van der Waals surface area contributed by atoms with E-state index in [1.54, 1.807) is 0 Å². The lowest BCUT2D eigenvalue weighted by atomic mass is 10.3. The van der Waals surface area contributed by atoms with Crippen LogP contribution in [0.5, 0.6) is 0 Å². The van der Waals surface area contributed by atoms with Crippen molar-refractivity contribution < 1.29 is 9.90 Å². The summed E-state index contributed by atoms with van der Waals surface area (Å²) in [6.45, 7) is 2.35. The first-order valence-electron chi connectivity index (χ1n) is 4.33. The van der Waals surface area contributed by atoms with Crippen LogP contribution in [-0.2, 0) is 4.79 Å². The molecule has 2 N–H and O–H groups in total. The van der Waals surface area contributed by atoms with Crippen LogP contribution in [0, 0.1) is 5.41 Å². The number of amidine groups is 1. The van der Waals surface area contributed by atoms with E-state index < -0.39 is 5.97 Å². The second-order valence-electron chi connectivity index (χ2n) is 2.66. The molecule has 0 amide bonds. The normalized spacial score (nSPS) is 10.5. The lowest BCUT2D eigenvalue weighted by molar-refractivity contribution is -0.137. The van der Waals surface area contributed by atoms with Crippen molar-refractivity contribution >= 4 is 11.8 Å². The Labute approximate surface area is 77.4 Å². The molecule has 0 heterocycles. The van der Waals surface area contributed by atoms with Crippen molar-refractivity contribution in [1.29, 1.82) is 5.41 Å². The molecule has 0 fully saturated rings. The highest BCUT2D eigenvalue weighted by molar-refractivity contribution is 5.79. The second-order valence-corrected chi connectivity index (χ2v) is 2.66. The van der Waals surface area contributed by atoms with Crippen LogP contribution in [0.15, 0.2) is 10.2 Å². The zero-order valence-corrected chi connectivity index (χ0v) is 7.79. The van der Waals surface area contributed by atoms with Crippen LogP contribution in [-0.4, -0.2) is 23.5 Å². The van der Waals surface area contributed by atoms with Crippen molar-refractivity contribution in [3.05, 3.63) is 0 Å². The van der Waals surface area contributed by atoms with E-state index in [1.165, 1.54) is 0 Å². The van der Waals surface area contributed by atoms with Crippen LogP contribution in [0.4, 0.5) is 0 Å². The summed E-state index contributed by atoms with van der Waals surface area (Å²) in [7, 11) is 0. The Kier molecular flexibility index (Phi) is 6.68. The molecule has 74 valence electrons. The van der Waals surface area contributed by atoms with Crippen LogP contribution in [0.1, 0.15) is 32.6 Å². The van der Waals surface area contributed by atoms with Gasteiger partial charge in [0.05, 0.1) is 6.54 Å². The Morgan fingerprint density at radius 1 is 1.46 bits per heavy atom. The number of azo groups is 1. The predicted molar refractivity (Wildman–Crippen MR) is 49.2 cm³/mol. The third-order valence-corrected chi connectivity index (χ3v) is 1.33. The van der Waals surface area contributed by atoms with Crippen molar-refractivity contribution in [2.24, 2.45) is 10.2 Å². The molecule has 0 aliphatic heterocycles. The number of aliphatic carboxylic acids is 1. The summed E-state index contributed by atoms with van der Waals surface area (Å²) in [4.78, 5) is 10.1. The minimum Gasteiger partial charge on any atom is -0.481 e.